The third kappa shape index (κ3) is 6.41. The van der Waals surface area contributed by atoms with E-state index in [0.29, 0.717) is 6.54 Å². The molecule has 0 atom stereocenters. The third-order valence-electron chi connectivity index (χ3n) is 3.81. The molecule has 1 heterocycles. The number of nitriles is 1. The Morgan fingerprint density at radius 2 is 2.04 bits per heavy atom. The molecule has 0 unspecified atom stereocenters. The van der Waals surface area contributed by atoms with Crippen molar-refractivity contribution in [3.8, 4) is 6.07 Å². The zero-order chi connectivity index (χ0) is 17.0. The fourth-order valence-electron chi connectivity index (χ4n) is 2.43. The summed E-state index contributed by atoms with van der Waals surface area (Å²) in [5, 5.41) is 14.9. The van der Waals surface area contributed by atoms with E-state index in [0.717, 1.165) is 51.4 Å². The lowest BCUT2D eigenvalue weighted by atomic mass is 10.2. The average molecular weight is 328 g/mol. The zero-order valence-corrected chi connectivity index (χ0v) is 13.8. The number of nitrogens with zero attached hydrogens (tertiary/aromatic N) is 2. The SMILES string of the molecule is N#C/C(=C/NCCCN1CCOCC1)C(=O)NCc1ccccc1. The van der Waals surface area contributed by atoms with E-state index in [1.54, 1.807) is 0 Å². The Labute approximate surface area is 143 Å². The minimum atomic E-state index is -0.359. The average Bonchev–Trinajstić information content (AvgIpc) is 2.64. The van der Waals surface area contributed by atoms with Crippen LogP contribution in [0.25, 0.3) is 0 Å². The Kier molecular flexibility index (Phi) is 7.81. The van der Waals surface area contributed by atoms with Gasteiger partial charge in [-0.15, -0.1) is 0 Å². The monoisotopic (exact) mass is 328 g/mol. The number of ether oxygens (including phenoxy) is 1. The van der Waals surface area contributed by atoms with Crippen molar-refractivity contribution < 1.29 is 9.53 Å². The van der Waals surface area contributed by atoms with Gasteiger partial charge in [-0.1, -0.05) is 30.3 Å². The van der Waals surface area contributed by atoms with Crippen LogP contribution in [0.3, 0.4) is 0 Å². The molecule has 0 radical (unpaired) electrons. The first kappa shape index (κ1) is 18.0. The highest BCUT2D eigenvalue weighted by Crippen LogP contribution is 1.99. The van der Waals surface area contributed by atoms with Crippen molar-refractivity contribution in [2.24, 2.45) is 0 Å². The molecule has 2 rings (SSSR count). The topological polar surface area (TPSA) is 77.4 Å². The fraction of sp³-hybridized carbons (Fsp3) is 0.444. The van der Waals surface area contributed by atoms with E-state index in [-0.39, 0.29) is 11.5 Å². The molecule has 128 valence electrons. The Morgan fingerprint density at radius 3 is 2.75 bits per heavy atom. The highest BCUT2D eigenvalue weighted by Gasteiger charge is 2.10. The first-order valence-electron chi connectivity index (χ1n) is 8.25. The molecule has 1 aliphatic heterocycles. The second kappa shape index (κ2) is 10.4. The molecule has 2 N–H and O–H groups in total. The van der Waals surface area contributed by atoms with Crippen molar-refractivity contribution in [3.05, 3.63) is 47.7 Å². The predicted molar refractivity (Wildman–Crippen MR) is 91.9 cm³/mol. The van der Waals surface area contributed by atoms with Gasteiger partial charge in [-0.3, -0.25) is 9.69 Å². The van der Waals surface area contributed by atoms with E-state index in [9.17, 15) is 4.79 Å². The molecule has 1 fully saturated rings. The van der Waals surface area contributed by atoms with Gasteiger partial charge >= 0.3 is 0 Å². The van der Waals surface area contributed by atoms with Crippen molar-refractivity contribution in [2.75, 3.05) is 39.4 Å². The minimum absolute atomic E-state index is 0.0947. The third-order valence-corrected chi connectivity index (χ3v) is 3.81. The first-order valence-corrected chi connectivity index (χ1v) is 8.25. The summed E-state index contributed by atoms with van der Waals surface area (Å²) in [5.74, 6) is -0.359. The molecule has 6 nitrogen and oxygen atoms in total. The van der Waals surface area contributed by atoms with E-state index in [1.165, 1.54) is 6.20 Å². The quantitative estimate of drug-likeness (QED) is 0.423. The van der Waals surface area contributed by atoms with Gasteiger partial charge in [0, 0.05) is 32.4 Å². The van der Waals surface area contributed by atoms with Crippen LogP contribution in [0, 0.1) is 11.3 Å². The van der Waals surface area contributed by atoms with Gasteiger partial charge in [0.05, 0.1) is 13.2 Å². The van der Waals surface area contributed by atoms with Gasteiger partial charge in [-0.05, 0) is 18.5 Å². The molecule has 0 saturated carbocycles. The molecule has 0 spiro atoms. The standard InChI is InChI=1S/C18H24N4O2/c19-13-17(18(23)21-14-16-5-2-1-3-6-16)15-20-7-4-8-22-9-11-24-12-10-22/h1-3,5-6,15,20H,4,7-12,14H2,(H,21,23)/b17-15-. The Morgan fingerprint density at radius 1 is 1.29 bits per heavy atom. The zero-order valence-electron chi connectivity index (χ0n) is 13.8. The van der Waals surface area contributed by atoms with Crippen molar-refractivity contribution in [1.29, 1.82) is 5.26 Å². The van der Waals surface area contributed by atoms with Crippen LogP contribution in [-0.2, 0) is 16.1 Å². The van der Waals surface area contributed by atoms with Crippen LogP contribution in [0.15, 0.2) is 42.1 Å². The number of amides is 1. The molecule has 0 aromatic heterocycles. The van der Waals surface area contributed by atoms with Crippen LogP contribution in [0.2, 0.25) is 0 Å². The molecule has 6 heteroatoms. The number of hydrogen-bond donors (Lipinski definition) is 2. The smallest absolute Gasteiger partial charge is 0.263 e. The van der Waals surface area contributed by atoms with Crippen LogP contribution < -0.4 is 10.6 Å². The lowest BCUT2D eigenvalue weighted by Crippen LogP contribution is -2.37. The summed E-state index contributed by atoms with van der Waals surface area (Å²) in [6.45, 7) is 5.68. The highest BCUT2D eigenvalue weighted by atomic mass is 16.5. The molecule has 1 aromatic carbocycles. The second-order valence-corrected chi connectivity index (χ2v) is 5.60. The van der Waals surface area contributed by atoms with Crippen LogP contribution >= 0.6 is 0 Å². The van der Waals surface area contributed by atoms with Crippen molar-refractivity contribution in [2.45, 2.75) is 13.0 Å². The largest absolute Gasteiger partial charge is 0.390 e. The number of benzene rings is 1. The molecule has 0 aliphatic carbocycles. The van der Waals surface area contributed by atoms with E-state index >= 15 is 0 Å². The lowest BCUT2D eigenvalue weighted by Gasteiger charge is -2.26. The molecule has 0 bridgehead atoms. The maximum Gasteiger partial charge on any atom is 0.263 e. The summed E-state index contributed by atoms with van der Waals surface area (Å²) in [7, 11) is 0. The van der Waals surface area contributed by atoms with Crippen LogP contribution in [0.4, 0.5) is 0 Å². The normalized spacial score (nSPS) is 15.5. The van der Waals surface area contributed by atoms with Gasteiger partial charge in [-0.25, -0.2) is 0 Å². The maximum absolute atomic E-state index is 12.0. The Bertz CT molecular complexity index is 574. The van der Waals surface area contributed by atoms with E-state index in [4.69, 9.17) is 10.00 Å². The highest BCUT2D eigenvalue weighted by molar-refractivity contribution is 5.97. The Balaban J connectivity index is 1.66. The number of hydrogen-bond acceptors (Lipinski definition) is 5. The van der Waals surface area contributed by atoms with Crippen LogP contribution in [-0.4, -0.2) is 50.2 Å². The fourth-order valence-corrected chi connectivity index (χ4v) is 2.43. The number of nitrogens with one attached hydrogen (secondary N) is 2. The number of carbonyl (C=O) groups excluding carboxylic acids is 1. The van der Waals surface area contributed by atoms with Crippen molar-refractivity contribution >= 4 is 5.91 Å². The Hall–Kier alpha value is -2.36. The van der Waals surface area contributed by atoms with Gasteiger partial charge in [0.15, 0.2) is 0 Å². The van der Waals surface area contributed by atoms with Crippen LogP contribution in [0.5, 0.6) is 0 Å². The van der Waals surface area contributed by atoms with E-state index in [2.05, 4.69) is 15.5 Å². The summed E-state index contributed by atoms with van der Waals surface area (Å²) in [5.41, 5.74) is 1.10. The molecular formula is C18H24N4O2. The van der Waals surface area contributed by atoms with Gasteiger partial charge in [0.2, 0.25) is 0 Å². The van der Waals surface area contributed by atoms with E-state index in [1.807, 2.05) is 36.4 Å². The van der Waals surface area contributed by atoms with Gasteiger partial charge < -0.3 is 15.4 Å². The lowest BCUT2D eigenvalue weighted by molar-refractivity contribution is -0.117. The molecule has 1 aliphatic rings. The predicted octanol–water partition coefficient (Wildman–Crippen LogP) is 1.02. The summed E-state index contributed by atoms with van der Waals surface area (Å²) in [6.07, 6.45) is 2.46. The summed E-state index contributed by atoms with van der Waals surface area (Å²) in [6, 6.07) is 11.6. The molecule has 1 aromatic rings. The van der Waals surface area contributed by atoms with Crippen molar-refractivity contribution in [3.63, 3.8) is 0 Å². The minimum Gasteiger partial charge on any atom is -0.390 e. The second-order valence-electron chi connectivity index (χ2n) is 5.60. The molecular weight excluding hydrogens is 304 g/mol. The molecule has 1 amide bonds. The molecule has 1 saturated heterocycles. The summed E-state index contributed by atoms with van der Waals surface area (Å²) >= 11 is 0. The molecule has 24 heavy (non-hydrogen) atoms. The number of rotatable bonds is 8. The van der Waals surface area contributed by atoms with E-state index < -0.39 is 0 Å². The van der Waals surface area contributed by atoms with Gasteiger partial charge in [0.25, 0.3) is 5.91 Å². The van der Waals surface area contributed by atoms with Crippen molar-refractivity contribution in [1.82, 2.24) is 15.5 Å². The number of carbonyl (C=O) groups is 1. The summed E-state index contributed by atoms with van der Waals surface area (Å²) in [4.78, 5) is 14.3. The van der Waals surface area contributed by atoms with Crippen LogP contribution in [0.1, 0.15) is 12.0 Å². The van der Waals surface area contributed by atoms with Gasteiger partial charge in [-0.2, -0.15) is 5.26 Å². The maximum atomic E-state index is 12.0. The van der Waals surface area contributed by atoms with Gasteiger partial charge in [0.1, 0.15) is 11.6 Å². The first-order chi connectivity index (χ1) is 11.8. The summed E-state index contributed by atoms with van der Waals surface area (Å²) < 4.78 is 5.31. The number of morpholine rings is 1.